The second-order valence-corrected chi connectivity index (χ2v) is 7.04. The van der Waals surface area contributed by atoms with Crippen LogP contribution >= 0.6 is 0 Å². The third-order valence-corrected chi connectivity index (χ3v) is 4.95. The number of aromatic nitrogens is 3. The molecule has 2 N–H and O–H groups in total. The molecule has 0 saturated carbocycles. The van der Waals surface area contributed by atoms with Crippen LogP contribution in [-0.2, 0) is 13.0 Å². The van der Waals surface area contributed by atoms with Gasteiger partial charge in [0, 0.05) is 25.6 Å². The Bertz CT molecular complexity index is 481. The Morgan fingerprint density at radius 2 is 2.09 bits per heavy atom. The summed E-state index contributed by atoms with van der Waals surface area (Å²) in [6.45, 7) is 8.84. The van der Waals surface area contributed by atoms with Gasteiger partial charge in [-0.1, -0.05) is 6.92 Å². The summed E-state index contributed by atoms with van der Waals surface area (Å²) < 4.78 is 2.01. The van der Waals surface area contributed by atoms with Crippen molar-refractivity contribution in [3.05, 3.63) is 11.6 Å². The fraction of sp³-hybridized carbons (Fsp3) is 0.875. The van der Waals surface area contributed by atoms with Gasteiger partial charge in [-0.05, 0) is 45.2 Å². The molecule has 0 amide bonds. The molecule has 0 spiro atoms. The third-order valence-electron chi connectivity index (χ3n) is 4.95. The first-order valence-electron chi connectivity index (χ1n) is 8.64. The lowest BCUT2D eigenvalue weighted by Gasteiger charge is -2.32. The van der Waals surface area contributed by atoms with Crippen LogP contribution in [0.2, 0.25) is 0 Å². The number of nitrogens with one attached hydrogen (secondary N) is 1. The number of piperidine rings is 1. The number of hydrogen-bond acceptors (Lipinski definition) is 5. The van der Waals surface area contributed by atoms with Crippen LogP contribution < -0.4 is 5.32 Å². The minimum atomic E-state index is -0.285. The van der Waals surface area contributed by atoms with E-state index in [1.165, 1.54) is 12.8 Å². The zero-order valence-electron chi connectivity index (χ0n) is 13.8. The molecule has 3 heterocycles. The molecule has 22 heavy (non-hydrogen) atoms. The summed E-state index contributed by atoms with van der Waals surface area (Å²) in [5.41, 5.74) is 0. The fourth-order valence-corrected chi connectivity index (χ4v) is 3.51. The van der Waals surface area contributed by atoms with Crippen LogP contribution in [0.15, 0.2) is 0 Å². The zero-order chi connectivity index (χ0) is 15.5. The first-order valence-corrected chi connectivity index (χ1v) is 8.64. The van der Waals surface area contributed by atoms with E-state index in [0.29, 0.717) is 12.6 Å². The van der Waals surface area contributed by atoms with Gasteiger partial charge >= 0.3 is 0 Å². The zero-order valence-corrected chi connectivity index (χ0v) is 13.8. The maximum absolute atomic E-state index is 10.3. The molecule has 6 nitrogen and oxygen atoms in total. The summed E-state index contributed by atoms with van der Waals surface area (Å²) in [5, 5.41) is 18.2. The lowest BCUT2D eigenvalue weighted by molar-refractivity contribution is 0.0874. The van der Waals surface area contributed by atoms with E-state index in [9.17, 15) is 5.11 Å². The van der Waals surface area contributed by atoms with Crippen molar-refractivity contribution in [1.29, 1.82) is 0 Å². The van der Waals surface area contributed by atoms with Crippen LogP contribution in [0.5, 0.6) is 0 Å². The van der Waals surface area contributed by atoms with E-state index in [1.54, 1.807) is 0 Å². The molecule has 0 radical (unpaired) electrons. The highest BCUT2D eigenvalue weighted by Crippen LogP contribution is 2.16. The molecule has 1 aromatic heterocycles. The highest BCUT2D eigenvalue weighted by Gasteiger charge is 2.22. The molecule has 0 unspecified atom stereocenters. The summed E-state index contributed by atoms with van der Waals surface area (Å²) in [6.07, 6.45) is 4.28. The van der Waals surface area contributed by atoms with E-state index < -0.39 is 0 Å². The number of rotatable bonds is 5. The van der Waals surface area contributed by atoms with Gasteiger partial charge in [-0.2, -0.15) is 5.10 Å². The van der Waals surface area contributed by atoms with Gasteiger partial charge in [-0.25, -0.2) is 9.67 Å². The van der Waals surface area contributed by atoms with Gasteiger partial charge < -0.3 is 15.3 Å². The number of hydrogen-bond donors (Lipinski definition) is 2. The van der Waals surface area contributed by atoms with Crippen molar-refractivity contribution >= 4 is 0 Å². The minimum Gasteiger partial charge on any atom is -0.390 e. The van der Waals surface area contributed by atoms with Crippen LogP contribution in [-0.4, -0.2) is 63.1 Å². The van der Waals surface area contributed by atoms with Gasteiger partial charge in [0.05, 0.1) is 12.6 Å². The molecule has 2 aliphatic rings. The van der Waals surface area contributed by atoms with Crippen molar-refractivity contribution in [3.63, 3.8) is 0 Å². The van der Waals surface area contributed by atoms with Crippen molar-refractivity contribution in [2.75, 3.05) is 26.2 Å². The van der Waals surface area contributed by atoms with Crippen molar-refractivity contribution in [2.24, 2.45) is 5.92 Å². The van der Waals surface area contributed by atoms with Crippen molar-refractivity contribution < 1.29 is 5.11 Å². The number of likely N-dealkylation sites (tertiary alicyclic amines) is 1. The predicted octanol–water partition coefficient (Wildman–Crippen LogP) is 0.584. The Morgan fingerprint density at radius 1 is 1.32 bits per heavy atom. The normalized spacial score (nSPS) is 25.1. The molecule has 1 aromatic rings. The average Bonchev–Trinajstić information content (AvgIpc) is 2.87. The second kappa shape index (κ2) is 7.06. The highest BCUT2D eigenvalue weighted by atomic mass is 16.3. The summed E-state index contributed by atoms with van der Waals surface area (Å²) >= 11 is 0. The molecule has 1 saturated heterocycles. The quantitative estimate of drug-likeness (QED) is 0.833. The minimum absolute atomic E-state index is 0.285. The van der Waals surface area contributed by atoms with E-state index in [0.717, 1.165) is 56.6 Å². The van der Waals surface area contributed by atoms with E-state index in [-0.39, 0.29) is 6.10 Å². The van der Waals surface area contributed by atoms with Gasteiger partial charge in [0.2, 0.25) is 0 Å². The van der Waals surface area contributed by atoms with Gasteiger partial charge in [0.15, 0.2) is 0 Å². The largest absolute Gasteiger partial charge is 0.390 e. The summed E-state index contributed by atoms with van der Waals surface area (Å²) in [4.78, 5) is 6.83. The van der Waals surface area contributed by atoms with Crippen LogP contribution in [0.4, 0.5) is 0 Å². The molecule has 1 fully saturated rings. The van der Waals surface area contributed by atoms with E-state index >= 15 is 0 Å². The number of aryl methyl sites for hydroxylation is 2. The SMILES string of the molecule is Cc1nc2n(n1)C[C@H](NC[C@@H](O)CN1CCC(C)CC1)CC2. The van der Waals surface area contributed by atoms with Crippen LogP contribution in [0.3, 0.4) is 0 Å². The van der Waals surface area contributed by atoms with Crippen LogP contribution in [0.1, 0.15) is 37.8 Å². The standard InChI is InChI=1S/C16H29N5O/c1-12-5-7-20(8-6-12)11-15(22)9-17-14-3-4-16-18-13(2)19-21(16)10-14/h12,14-15,17,22H,3-11H2,1-2H3/t14-,15-/m1/s1. The van der Waals surface area contributed by atoms with Crippen LogP contribution in [0, 0.1) is 12.8 Å². The smallest absolute Gasteiger partial charge is 0.147 e. The molecule has 2 atom stereocenters. The number of aliphatic hydroxyl groups excluding tert-OH is 1. The molecular formula is C16H29N5O. The average molecular weight is 307 g/mol. The van der Waals surface area contributed by atoms with Crippen molar-refractivity contribution in [1.82, 2.24) is 25.0 Å². The summed E-state index contributed by atoms with van der Waals surface area (Å²) in [7, 11) is 0. The first kappa shape index (κ1) is 15.9. The van der Waals surface area contributed by atoms with Gasteiger partial charge in [0.1, 0.15) is 11.6 Å². The molecule has 0 aliphatic carbocycles. The van der Waals surface area contributed by atoms with Gasteiger partial charge in [-0.3, -0.25) is 0 Å². The molecule has 6 heteroatoms. The van der Waals surface area contributed by atoms with Gasteiger partial charge in [-0.15, -0.1) is 0 Å². The van der Waals surface area contributed by atoms with Gasteiger partial charge in [0.25, 0.3) is 0 Å². The first-order chi connectivity index (χ1) is 10.6. The topological polar surface area (TPSA) is 66.2 Å². The van der Waals surface area contributed by atoms with Crippen molar-refractivity contribution in [2.45, 2.75) is 58.2 Å². The molecular weight excluding hydrogens is 278 g/mol. The lowest BCUT2D eigenvalue weighted by Crippen LogP contribution is -2.46. The molecule has 3 rings (SSSR count). The summed E-state index contributed by atoms with van der Waals surface area (Å²) in [5.74, 6) is 2.79. The van der Waals surface area contributed by atoms with Crippen molar-refractivity contribution in [3.8, 4) is 0 Å². The predicted molar refractivity (Wildman–Crippen MR) is 85.7 cm³/mol. The fourth-order valence-electron chi connectivity index (χ4n) is 3.51. The Balaban J connectivity index is 1.39. The second-order valence-electron chi connectivity index (χ2n) is 7.04. The van der Waals surface area contributed by atoms with E-state index in [1.807, 2.05) is 11.6 Å². The number of fused-ring (bicyclic) bond motifs is 1. The Kier molecular flexibility index (Phi) is 5.10. The number of β-amino-alcohol motifs (C(OH)–C–C–N with tert-alkyl or cyclic N) is 1. The molecule has 0 bridgehead atoms. The molecule has 0 aromatic carbocycles. The number of aliphatic hydroxyl groups is 1. The Labute approximate surface area is 132 Å². The van der Waals surface area contributed by atoms with E-state index in [2.05, 4.69) is 27.2 Å². The van der Waals surface area contributed by atoms with Crippen LogP contribution in [0.25, 0.3) is 0 Å². The Hall–Kier alpha value is -0.980. The summed E-state index contributed by atoms with van der Waals surface area (Å²) in [6, 6.07) is 0.393. The van der Waals surface area contributed by atoms with E-state index in [4.69, 9.17) is 0 Å². The monoisotopic (exact) mass is 307 g/mol. The Morgan fingerprint density at radius 3 is 2.86 bits per heavy atom. The third kappa shape index (κ3) is 4.06. The molecule has 124 valence electrons. The maximum Gasteiger partial charge on any atom is 0.147 e. The highest BCUT2D eigenvalue weighted by molar-refractivity contribution is 4.96. The lowest BCUT2D eigenvalue weighted by atomic mass is 9.99. The molecule has 2 aliphatic heterocycles. The number of nitrogens with zero attached hydrogens (tertiary/aromatic N) is 4. The maximum atomic E-state index is 10.3.